The normalized spacial score (nSPS) is 20.1. The van der Waals surface area contributed by atoms with Gasteiger partial charge in [-0.3, -0.25) is 0 Å². The number of hydrogen-bond donors (Lipinski definition) is 1. The Bertz CT molecular complexity index is 638. The quantitative estimate of drug-likeness (QED) is 0.938. The van der Waals surface area contributed by atoms with Gasteiger partial charge in [-0.1, -0.05) is 6.92 Å². The van der Waals surface area contributed by atoms with Crippen LogP contribution in [0.25, 0.3) is 11.0 Å². The van der Waals surface area contributed by atoms with Crippen molar-refractivity contribution in [2.45, 2.75) is 19.9 Å². The third kappa shape index (κ3) is 2.24. The largest absolute Gasteiger partial charge is 0.369 e. The second-order valence-electron chi connectivity index (χ2n) is 5.38. The number of aromatic nitrogens is 2. The molecule has 1 aromatic carbocycles. The van der Waals surface area contributed by atoms with E-state index in [1.165, 1.54) is 6.07 Å². The van der Waals surface area contributed by atoms with Crippen molar-refractivity contribution in [1.82, 2.24) is 14.5 Å². The zero-order valence-electron chi connectivity index (χ0n) is 11.4. The van der Waals surface area contributed by atoms with Crippen molar-refractivity contribution in [3.05, 3.63) is 23.8 Å². The molecule has 6 heteroatoms. The number of nitrogens with zero attached hydrogens (tertiary/aromatic N) is 3. The lowest BCUT2D eigenvalue weighted by Crippen LogP contribution is -2.21. The van der Waals surface area contributed by atoms with E-state index in [4.69, 9.17) is 5.73 Å². The Hall–Kier alpha value is -1.69. The first kappa shape index (κ1) is 13.3. The number of nitrogen functional groups attached to an aromatic ring is 1. The van der Waals surface area contributed by atoms with Gasteiger partial charge in [0.05, 0.1) is 5.52 Å². The topological polar surface area (TPSA) is 47.1 Å². The highest BCUT2D eigenvalue weighted by Crippen LogP contribution is 2.25. The summed E-state index contributed by atoms with van der Waals surface area (Å²) in [5.41, 5.74) is 6.45. The van der Waals surface area contributed by atoms with Crippen LogP contribution in [0.1, 0.15) is 13.3 Å². The van der Waals surface area contributed by atoms with Gasteiger partial charge < -0.3 is 15.2 Å². The van der Waals surface area contributed by atoms with Gasteiger partial charge in [-0.25, -0.2) is 13.8 Å². The van der Waals surface area contributed by atoms with E-state index in [1.54, 1.807) is 4.57 Å². The Morgan fingerprint density at radius 3 is 2.90 bits per heavy atom. The molecule has 1 aromatic heterocycles. The van der Waals surface area contributed by atoms with E-state index in [2.05, 4.69) is 16.8 Å². The number of fused-ring (bicyclic) bond motifs is 1. The van der Waals surface area contributed by atoms with E-state index in [1.807, 2.05) is 0 Å². The smallest absolute Gasteiger partial charge is 0.201 e. The molecular formula is C14H18F2N4. The van der Waals surface area contributed by atoms with Gasteiger partial charge >= 0.3 is 0 Å². The third-order valence-electron chi connectivity index (χ3n) is 4.06. The highest BCUT2D eigenvalue weighted by atomic mass is 19.1. The first-order valence-electron chi connectivity index (χ1n) is 6.91. The van der Waals surface area contributed by atoms with Crippen molar-refractivity contribution in [2.24, 2.45) is 5.92 Å². The van der Waals surface area contributed by atoms with Crippen molar-refractivity contribution in [2.75, 3.05) is 25.4 Å². The first-order valence-corrected chi connectivity index (χ1v) is 6.91. The van der Waals surface area contributed by atoms with Crippen LogP contribution in [-0.4, -0.2) is 34.1 Å². The number of halogens is 2. The molecule has 108 valence electrons. The Labute approximate surface area is 116 Å². The molecule has 2 N–H and O–H groups in total. The van der Waals surface area contributed by atoms with Gasteiger partial charge in [0, 0.05) is 25.2 Å². The predicted octanol–water partition coefficient (Wildman–Crippen LogP) is 2.24. The predicted molar refractivity (Wildman–Crippen MR) is 74.3 cm³/mol. The summed E-state index contributed by atoms with van der Waals surface area (Å²) in [6, 6.07) is 2.14. The lowest BCUT2D eigenvalue weighted by molar-refractivity contribution is 0.334. The van der Waals surface area contributed by atoms with Crippen LogP contribution >= 0.6 is 0 Å². The molecule has 0 bridgehead atoms. The maximum Gasteiger partial charge on any atom is 0.201 e. The van der Waals surface area contributed by atoms with Crippen LogP contribution in [0.4, 0.5) is 14.7 Å². The maximum atomic E-state index is 13.7. The summed E-state index contributed by atoms with van der Waals surface area (Å²) in [6.45, 7) is 5.87. The molecule has 1 saturated heterocycles. The van der Waals surface area contributed by atoms with E-state index in [9.17, 15) is 8.78 Å². The van der Waals surface area contributed by atoms with Crippen molar-refractivity contribution >= 4 is 17.0 Å². The van der Waals surface area contributed by atoms with Crippen LogP contribution in [0.15, 0.2) is 12.1 Å². The van der Waals surface area contributed by atoms with Crippen molar-refractivity contribution in [3.8, 4) is 0 Å². The van der Waals surface area contributed by atoms with Crippen LogP contribution < -0.4 is 5.73 Å². The van der Waals surface area contributed by atoms with E-state index in [-0.39, 0.29) is 11.5 Å². The van der Waals surface area contributed by atoms with Gasteiger partial charge in [-0.05, 0) is 25.4 Å². The number of rotatable bonds is 3. The molecule has 0 spiro atoms. The molecule has 0 radical (unpaired) electrons. The molecule has 0 amide bonds. The summed E-state index contributed by atoms with van der Waals surface area (Å²) in [4.78, 5) is 6.38. The fourth-order valence-electron chi connectivity index (χ4n) is 2.97. The van der Waals surface area contributed by atoms with Gasteiger partial charge in [-0.2, -0.15) is 0 Å². The third-order valence-corrected chi connectivity index (χ3v) is 4.06. The van der Waals surface area contributed by atoms with Crippen molar-refractivity contribution < 1.29 is 8.78 Å². The minimum Gasteiger partial charge on any atom is -0.369 e. The molecule has 0 saturated carbocycles. The minimum atomic E-state index is -0.660. The van der Waals surface area contributed by atoms with E-state index in [0.29, 0.717) is 18.0 Å². The fourth-order valence-corrected chi connectivity index (χ4v) is 2.97. The maximum absolute atomic E-state index is 13.7. The number of nitrogens with two attached hydrogens (primary N) is 1. The number of benzene rings is 1. The second-order valence-corrected chi connectivity index (χ2v) is 5.38. The molecule has 1 aliphatic rings. The standard InChI is InChI=1S/C14H18F2N4/c1-2-19-4-3-9(7-19)8-20-12-6-10(15)5-11(16)13(12)18-14(20)17/h5-6,9H,2-4,7-8H2,1H3,(H2,17,18). The van der Waals surface area contributed by atoms with Crippen molar-refractivity contribution in [3.63, 3.8) is 0 Å². The zero-order valence-corrected chi connectivity index (χ0v) is 11.4. The Balaban J connectivity index is 1.93. The summed E-state index contributed by atoms with van der Waals surface area (Å²) in [6.07, 6.45) is 1.07. The average molecular weight is 280 g/mol. The van der Waals surface area contributed by atoms with Gasteiger partial charge in [-0.15, -0.1) is 0 Å². The van der Waals surface area contributed by atoms with Crippen LogP contribution in [-0.2, 0) is 6.54 Å². The van der Waals surface area contributed by atoms with Crippen LogP contribution in [0.5, 0.6) is 0 Å². The van der Waals surface area contributed by atoms with E-state index in [0.717, 1.165) is 32.1 Å². The molecule has 20 heavy (non-hydrogen) atoms. The molecule has 1 unspecified atom stereocenters. The zero-order chi connectivity index (χ0) is 14.3. The Kier molecular flexibility index (Phi) is 3.33. The van der Waals surface area contributed by atoms with Gasteiger partial charge in [0.2, 0.25) is 5.95 Å². The van der Waals surface area contributed by atoms with Gasteiger partial charge in [0.1, 0.15) is 11.3 Å². The molecule has 4 nitrogen and oxygen atoms in total. The summed E-state index contributed by atoms with van der Waals surface area (Å²) >= 11 is 0. The van der Waals surface area contributed by atoms with Gasteiger partial charge in [0.15, 0.2) is 5.82 Å². The van der Waals surface area contributed by atoms with E-state index < -0.39 is 11.6 Å². The Morgan fingerprint density at radius 1 is 1.40 bits per heavy atom. The molecule has 1 fully saturated rings. The Morgan fingerprint density at radius 2 is 2.20 bits per heavy atom. The SMILES string of the molecule is CCN1CCC(Cn2c(N)nc3c(F)cc(F)cc32)C1. The molecule has 3 rings (SSSR count). The van der Waals surface area contributed by atoms with Gasteiger partial charge in [0.25, 0.3) is 0 Å². The van der Waals surface area contributed by atoms with Crippen LogP contribution in [0, 0.1) is 17.6 Å². The first-order chi connectivity index (χ1) is 9.58. The lowest BCUT2D eigenvalue weighted by Gasteiger charge is -2.14. The number of likely N-dealkylation sites (tertiary alicyclic amines) is 1. The molecule has 1 aliphatic heterocycles. The summed E-state index contributed by atoms with van der Waals surface area (Å²) in [5, 5.41) is 0. The monoisotopic (exact) mass is 280 g/mol. The minimum absolute atomic E-state index is 0.147. The van der Waals surface area contributed by atoms with E-state index >= 15 is 0 Å². The number of imidazole rings is 1. The van der Waals surface area contributed by atoms with Crippen LogP contribution in [0.3, 0.4) is 0 Å². The number of anilines is 1. The summed E-state index contributed by atoms with van der Waals surface area (Å²) in [7, 11) is 0. The number of hydrogen-bond acceptors (Lipinski definition) is 3. The molecular weight excluding hydrogens is 262 g/mol. The molecule has 2 heterocycles. The molecule has 2 aromatic rings. The van der Waals surface area contributed by atoms with Crippen molar-refractivity contribution in [1.29, 1.82) is 0 Å². The highest BCUT2D eigenvalue weighted by Gasteiger charge is 2.23. The molecule has 0 aliphatic carbocycles. The highest BCUT2D eigenvalue weighted by molar-refractivity contribution is 5.79. The summed E-state index contributed by atoms with van der Waals surface area (Å²) < 4.78 is 28.8. The fraction of sp³-hybridized carbons (Fsp3) is 0.500. The second kappa shape index (κ2) is 5.01. The molecule has 1 atom stereocenters. The van der Waals surface area contributed by atoms with Crippen LogP contribution in [0.2, 0.25) is 0 Å². The average Bonchev–Trinajstić information content (AvgIpc) is 2.97. The summed E-state index contributed by atoms with van der Waals surface area (Å²) in [5.74, 6) is -0.565. The lowest BCUT2D eigenvalue weighted by atomic mass is 10.1.